The van der Waals surface area contributed by atoms with E-state index < -0.39 is 23.1 Å². The Bertz CT molecular complexity index is 423. The Kier molecular flexibility index (Phi) is 4.17. The molecule has 0 amide bonds. The van der Waals surface area contributed by atoms with Crippen molar-refractivity contribution in [2.24, 2.45) is 5.73 Å². The predicted octanol–water partition coefficient (Wildman–Crippen LogP) is 2.39. The molecule has 0 aliphatic carbocycles. The zero-order valence-electron chi connectivity index (χ0n) is 9.54. The molecule has 1 aromatic carbocycles. The summed E-state index contributed by atoms with van der Waals surface area (Å²) in [6.07, 6.45) is 0.547. The molecule has 94 valence electrons. The van der Waals surface area contributed by atoms with Gasteiger partial charge in [0.25, 0.3) is 0 Å². The van der Waals surface area contributed by atoms with E-state index in [1.165, 1.54) is 6.07 Å². The van der Waals surface area contributed by atoms with Crippen LogP contribution in [-0.2, 0) is 10.3 Å². The molecule has 0 aliphatic rings. The van der Waals surface area contributed by atoms with Gasteiger partial charge in [0.1, 0.15) is 11.6 Å². The molecule has 0 aliphatic heterocycles. The van der Waals surface area contributed by atoms with E-state index in [9.17, 15) is 13.6 Å². The van der Waals surface area contributed by atoms with Crippen molar-refractivity contribution in [1.82, 2.24) is 0 Å². The number of halogens is 2. The first kappa shape index (κ1) is 13.6. The Balaban J connectivity index is 3.16. The van der Waals surface area contributed by atoms with Crippen LogP contribution in [0.1, 0.15) is 31.7 Å². The topological polar surface area (TPSA) is 63.3 Å². The summed E-state index contributed by atoms with van der Waals surface area (Å²) < 4.78 is 26.4. The van der Waals surface area contributed by atoms with Crippen LogP contribution in [0, 0.1) is 11.6 Å². The highest BCUT2D eigenvalue weighted by Gasteiger charge is 2.32. The monoisotopic (exact) mass is 243 g/mol. The molecule has 0 saturated carbocycles. The maximum Gasteiger partial charge on any atom is 0.305 e. The number of hydrogen-bond donors (Lipinski definition) is 2. The molecule has 0 bridgehead atoms. The van der Waals surface area contributed by atoms with E-state index in [1.807, 2.05) is 6.92 Å². The van der Waals surface area contributed by atoms with Gasteiger partial charge in [0.05, 0.1) is 12.0 Å². The van der Waals surface area contributed by atoms with Crippen LogP contribution in [-0.4, -0.2) is 11.1 Å². The smallest absolute Gasteiger partial charge is 0.305 e. The SMILES string of the molecule is CCCC(N)(CC(=O)O)c1ccc(F)cc1F. The van der Waals surface area contributed by atoms with Gasteiger partial charge >= 0.3 is 5.97 Å². The van der Waals surface area contributed by atoms with Crippen molar-refractivity contribution in [2.45, 2.75) is 31.7 Å². The average molecular weight is 243 g/mol. The van der Waals surface area contributed by atoms with Gasteiger partial charge in [0.2, 0.25) is 0 Å². The molecule has 0 fully saturated rings. The van der Waals surface area contributed by atoms with Crippen LogP contribution in [0.2, 0.25) is 0 Å². The molecule has 5 heteroatoms. The van der Waals surface area contributed by atoms with Crippen LogP contribution in [0.5, 0.6) is 0 Å². The fraction of sp³-hybridized carbons (Fsp3) is 0.417. The summed E-state index contributed by atoms with van der Waals surface area (Å²) in [4.78, 5) is 10.8. The van der Waals surface area contributed by atoms with Crippen molar-refractivity contribution < 1.29 is 18.7 Å². The largest absolute Gasteiger partial charge is 0.481 e. The zero-order chi connectivity index (χ0) is 13.1. The second-order valence-electron chi connectivity index (χ2n) is 4.10. The van der Waals surface area contributed by atoms with Crippen LogP contribution < -0.4 is 5.73 Å². The highest BCUT2D eigenvalue weighted by Crippen LogP contribution is 2.30. The third-order valence-electron chi connectivity index (χ3n) is 2.63. The Hall–Kier alpha value is -1.49. The first-order chi connectivity index (χ1) is 7.89. The van der Waals surface area contributed by atoms with E-state index in [0.29, 0.717) is 18.9 Å². The van der Waals surface area contributed by atoms with Crippen LogP contribution in [0.4, 0.5) is 8.78 Å². The molecule has 0 radical (unpaired) electrons. The molecular weight excluding hydrogens is 228 g/mol. The molecule has 1 atom stereocenters. The zero-order valence-corrected chi connectivity index (χ0v) is 9.54. The van der Waals surface area contributed by atoms with Crippen molar-refractivity contribution in [3.8, 4) is 0 Å². The third kappa shape index (κ3) is 3.23. The fourth-order valence-electron chi connectivity index (χ4n) is 1.93. The van der Waals surface area contributed by atoms with Gasteiger partial charge in [0.15, 0.2) is 0 Å². The predicted molar refractivity (Wildman–Crippen MR) is 59.4 cm³/mol. The second-order valence-corrected chi connectivity index (χ2v) is 4.10. The van der Waals surface area contributed by atoms with Crippen LogP contribution >= 0.6 is 0 Å². The molecule has 3 nitrogen and oxygen atoms in total. The number of carbonyl (C=O) groups is 1. The molecule has 0 saturated heterocycles. The molecular formula is C12H15F2NO2. The van der Waals surface area contributed by atoms with Crippen LogP contribution in [0.15, 0.2) is 18.2 Å². The van der Waals surface area contributed by atoms with E-state index in [2.05, 4.69) is 0 Å². The lowest BCUT2D eigenvalue weighted by Crippen LogP contribution is -2.39. The van der Waals surface area contributed by atoms with Gasteiger partial charge in [-0.3, -0.25) is 4.79 Å². The minimum absolute atomic E-state index is 0.0446. The van der Waals surface area contributed by atoms with Gasteiger partial charge in [-0.1, -0.05) is 19.4 Å². The first-order valence-corrected chi connectivity index (χ1v) is 5.35. The molecule has 1 unspecified atom stereocenters. The van der Waals surface area contributed by atoms with Crippen molar-refractivity contribution in [3.63, 3.8) is 0 Å². The normalized spacial score (nSPS) is 14.4. The van der Waals surface area contributed by atoms with E-state index >= 15 is 0 Å². The first-order valence-electron chi connectivity index (χ1n) is 5.35. The maximum absolute atomic E-state index is 13.6. The van der Waals surface area contributed by atoms with Gasteiger partial charge in [-0.25, -0.2) is 8.78 Å². The van der Waals surface area contributed by atoms with E-state index in [1.54, 1.807) is 0 Å². The van der Waals surface area contributed by atoms with Gasteiger partial charge in [-0.05, 0) is 12.5 Å². The number of carboxylic acid groups (broad SMARTS) is 1. The standard InChI is InChI=1S/C12H15F2NO2/c1-2-5-12(15,7-11(16)17)9-4-3-8(13)6-10(9)14/h3-4,6H,2,5,7,15H2,1H3,(H,16,17). The highest BCUT2D eigenvalue weighted by molar-refractivity contribution is 5.69. The highest BCUT2D eigenvalue weighted by atomic mass is 19.1. The third-order valence-corrected chi connectivity index (χ3v) is 2.63. The van der Waals surface area contributed by atoms with E-state index in [4.69, 9.17) is 10.8 Å². The molecule has 0 aromatic heterocycles. The van der Waals surface area contributed by atoms with Gasteiger partial charge in [-0.15, -0.1) is 0 Å². The number of hydrogen-bond acceptors (Lipinski definition) is 2. The number of carboxylic acids is 1. The van der Waals surface area contributed by atoms with Gasteiger partial charge in [0, 0.05) is 11.6 Å². The van der Waals surface area contributed by atoms with Crippen molar-refractivity contribution in [2.75, 3.05) is 0 Å². The Morgan fingerprint density at radius 3 is 2.59 bits per heavy atom. The summed E-state index contributed by atoms with van der Waals surface area (Å²) in [6, 6.07) is 3.01. The van der Waals surface area contributed by atoms with Crippen molar-refractivity contribution in [3.05, 3.63) is 35.4 Å². The Morgan fingerprint density at radius 2 is 2.12 bits per heavy atom. The molecule has 0 heterocycles. The minimum atomic E-state index is -1.29. The Morgan fingerprint density at radius 1 is 1.47 bits per heavy atom. The molecule has 3 N–H and O–H groups in total. The minimum Gasteiger partial charge on any atom is -0.481 e. The Labute approximate surface area is 98.2 Å². The summed E-state index contributed by atoms with van der Waals surface area (Å²) in [7, 11) is 0. The van der Waals surface area contributed by atoms with Gasteiger partial charge in [-0.2, -0.15) is 0 Å². The van der Waals surface area contributed by atoms with Crippen molar-refractivity contribution >= 4 is 5.97 Å². The summed E-state index contributed by atoms with van der Waals surface area (Å²) >= 11 is 0. The lowest BCUT2D eigenvalue weighted by molar-refractivity contribution is -0.138. The maximum atomic E-state index is 13.6. The average Bonchev–Trinajstić information content (AvgIpc) is 2.15. The molecule has 1 aromatic rings. The molecule has 1 rings (SSSR count). The van der Waals surface area contributed by atoms with Crippen molar-refractivity contribution in [1.29, 1.82) is 0 Å². The lowest BCUT2D eigenvalue weighted by atomic mass is 9.83. The van der Waals surface area contributed by atoms with Crippen LogP contribution in [0.3, 0.4) is 0 Å². The quantitative estimate of drug-likeness (QED) is 0.834. The van der Waals surface area contributed by atoms with Crippen LogP contribution in [0.25, 0.3) is 0 Å². The summed E-state index contributed by atoms with van der Waals surface area (Å²) in [5.41, 5.74) is 4.69. The molecule has 17 heavy (non-hydrogen) atoms. The second kappa shape index (κ2) is 5.23. The van der Waals surface area contributed by atoms with E-state index in [0.717, 1.165) is 6.07 Å². The van der Waals surface area contributed by atoms with E-state index in [-0.39, 0.29) is 12.0 Å². The van der Waals surface area contributed by atoms with Gasteiger partial charge < -0.3 is 10.8 Å². The molecule has 0 spiro atoms. The number of aliphatic carboxylic acids is 1. The number of nitrogens with two attached hydrogens (primary N) is 1. The fourth-order valence-corrected chi connectivity index (χ4v) is 1.93. The summed E-state index contributed by atoms with van der Waals surface area (Å²) in [5.74, 6) is -2.62. The number of benzene rings is 1. The summed E-state index contributed by atoms with van der Waals surface area (Å²) in [6.45, 7) is 1.82. The lowest BCUT2D eigenvalue weighted by Gasteiger charge is -2.28. The summed E-state index contributed by atoms with van der Waals surface area (Å²) in [5, 5.41) is 8.81. The number of rotatable bonds is 5.